The van der Waals surface area contributed by atoms with Gasteiger partial charge in [-0.1, -0.05) is 30.3 Å². The predicted octanol–water partition coefficient (Wildman–Crippen LogP) is 1.64. The smallest absolute Gasteiger partial charge is 0.230 e. The summed E-state index contributed by atoms with van der Waals surface area (Å²) in [7, 11) is 0. The van der Waals surface area contributed by atoms with Crippen LogP contribution >= 0.6 is 15.9 Å². The van der Waals surface area contributed by atoms with Crippen LogP contribution in [0.3, 0.4) is 0 Å². The maximum Gasteiger partial charge on any atom is 0.230 e. The molecule has 0 heterocycles. The normalized spacial score (nSPS) is 12.5. The molecule has 1 aromatic carbocycles. The maximum atomic E-state index is 10.6. The number of aliphatic hydroxyl groups excluding tert-OH is 1. The fraction of sp³-hybridized carbons (Fsp3) is 0.125. The number of hydrogen-bond acceptors (Lipinski definition) is 2. The molecule has 0 aliphatic heterocycles. The second-order valence-electron chi connectivity index (χ2n) is 2.12. The molecule has 0 saturated heterocycles. The van der Waals surface area contributed by atoms with Crippen molar-refractivity contribution in [2.45, 2.75) is 6.10 Å². The molecule has 0 saturated carbocycles. The molecule has 2 nitrogen and oxygen atoms in total. The van der Waals surface area contributed by atoms with Crippen LogP contribution in [0.15, 0.2) is 30.3 Å². The highest BCUT2D eigenvalue weighted by Gasteiger charge is 2.12. The van der Waals surface area contributed by atoms with Crippen LogP contribution in [-0.2, 0) is 4.79 Å². The molecule has 1 aromatic rings. The van der Waals surface area contributed by atoms with Gasteiger partial charge in [-0.3, -0.25) is 4.79 Å². The van der Waals surface area contributed by atoms with Gasteiger partial charge in [-0.05, 0) is 21.5 Å². The SMILES string of the molecule is O=C(Br)[C@H](O)c1ccccc1. The van der Waals surface area contributed by atoms with Crippen LogP contribution in [0.25, 0.3) is 0 Å². The van der Waals surface area contributed by atoms with Crippen LogP contribution in [-0.4, -0.2) is 9.80 Å². The number of benzene rings is 1. The summed E-state index contributed by atoms with van der Waals surface area (Å²) in [6, 6.07) is 8.77. The first-order chi connectivity index (χ1) is 5.22. The zero-order valence-corrected chi connectivity index (χ0v) is 7.28. The summed E-state index contributed by atoms with van der Waals surface area (Å²) in [5, 5.41) is 9.20. The Morgan fingerprint density at radius 2 is 1.91 bits per heavy atom. The van der Waals surface area contributed by atoms with E-state index in [1.807, 2.05) is 6.07 Å². The molecule has 0 radical (unpaired) electrons. The third-order valence-electron chi connectivity index (χ3n) is 1.33. The minimum atomic E-state index is -1.05. The zero-order chi connectivity index (χ0) is 8.27. The molecule has 11 heavy (non-hydrogen) atoms. The summed E-state index contributed by atoms with van der Waals surface area (Å²) in [5.74, 6) is 0. The van der Waals surface area contributed by atoms with Gasteiger partial charge in [-0.25, -0.2) is 0 Å². The highest BCUT2D eigenvalue weighted by atomic mass is 79.9. The first-order valence-corrected chi connectivity index (χ1v) is 3.93. The molecule has 1 atom stereocenters. The molecular weight excluding hydrogens is 208 g/mol. The Morgan fingerprint density at radius 1 is 1.36 bits per heavy atom. The first kappa shape index (κ1) is 8.43. The number of halogens is 1. The molecule has 0 fully saturated rings. The van der Waals surface area contributed by atoms with Crippen LogP contribution in [0.1, 0.15) is 11.7 Å². The molecular formula is C8H7BrO2. The van der Waals surface area contributed by atoms with Crippen molar-refractivity contribution in [1.29, 1.82) is 0 Å². The summed E-state index contributed by atoms with van der Waals surface area (Å²) in [5.41, 5.74) is 0.606. The second kappa shape index (κ2) is 3.64. The Bertz CT molecular complexity index is 246. The predicted molar refractivity (Wildman–Crippen MR) is 45.3 cm³/mol. The van der Waals surface area contributed by atoms with E-state index in [0.717, 1.165) is 0 Å². The topological polar surface area (TPSA) is 37.3 Å². The highest BCUT2D eigenvalue weighted by Crippen LogP contribution is 2.15. The Balaban J connectivity index is 2.85. The Kier molecular flexibility index (Phi) is 2.79. The standard InChI is InChI=1S/C8H7BrO2/c9-8(11)7(10)6-4-2-1-3-5-6/h1-5,7,10H/t7-/m1/s1. The Morgan fingerprint density at radius 3 is 2.36 bits per heavy atom. The highest BCUT2D eigenvalue weighted by molar-refractivity contribution is 9.18. The van der Waals surface area contributed by atoms with E-state index in [1.54, 1.807) is 24.3 Å². The van der Waals surface area contributed by atoms with Gasteiger partial charge >= 0.3 is 0 Å². The van der Waals surface area contributed by atoms with E-state index < -0.39 is 10.8 Å². The summed E-state index contributed by atoms with van der Waals surface area (Å²) < 4.78 is -0.413. The molecule has 0 unspecified atom stereocenters. The van der Waals surface area contributed by atoms with E-state index in [4.69, 9.17) is 0 Å². The van der Waals surface area contributed by atoms with E-state index in [9.17, 15) is 9.90 Å². The number of aliphatic hydroxyl groups is 1. The third-order valence-corrected chi connectivity index (χ3v) is 1.76. The van der Waals surface area contributed by atoms with Gasteiger partial charge in [0.1, 0.15) is 6.10 Å². The summed E-state index contributed by atoms with van der Waals surface area (Å²) in [4.78, 5) is 10.6. The number of carbonyl (C=O) groups is 1. The number of carbonyl (C=O) groups excluding carboxylic acids is 1. The summed E-state index contributed by atoms with van der Waals surface area (Å²) >= 11 is 2.69. The van der Waals surface area contributed by atoms with Gasteiger partial charge in [0, 0.05) is 0 Å². The lowest BCUT2D eigenvalue weighted by Crippen LogP contribution is -2.03. The molecule has 58 valence electrons. The minimum Gasteiger partial charge on any atom is -0.380 e. The lowest BCUT2D eigenvalue weighted by Gasteiger charge is -2.03. The number of hydrogen-bond donors (Lipinski definition) is 1. The van der Waals surface area contributed by atoms with Gasteiger partial charge in [0.15, 0.2) is 0 Å². The second-order valence-corrected chi connectivity index (χ2v) is 2.90. The fourth-order valence-electron chi connectivity index (χ4n) is 0.766. The van der Waals surface area contributed by atoms with Crippen molar-refractivity contribution in [3.63, 3.8) is 0 Å². The van der Waals surface area contributed by atoms with Crippen molar-refractivity contribution >= 4 is 20.6 Å². The summed E-state index contributed by atoms with van der Waals surface area (Å²) in [6.45, 7) is 0. The van der Waals surface area contributed by atoms with Crippen LogP contribution in [0.4, 0.5) is 0 Å². The Labute approximate surface area is 73.0 Å². The van der Waals surface area contributed by atoms with E-state index in [2.05, 4.69) is 15.9 Å². The Hall–Kier alpha value is -0.670. The number of rotatable bonds is 2. The third kappa shape index (κ3) is 2.13. The van der Waals surface area contributed by atoms with Gasteiger partial charge in [0.25, 0.3) is 0 Å². The average molecular weight is 215 g/mol. The van der Waals surface area contributed by atoms with Crippen LogP contribution < -0.4 is 0 Å². The minimum absolute atomic E-state index is 0.413. The van der Waals surface area contributed by atoms with E-state index >= 15 is 0 Å². The van der Waals surface area contributed by atoms with Gasteiger partial charge in [0.2, 0.25) is 4.69 Å². The van der Waals surface area contributed by atoms with Crippen LogP contribution in [0, 0.1) is 0 Å². The largest absolute Gasteiger partial charge is 0.380 e. The molecule has 0 aliphatic rings. The molecule has 0 aliphatic carbocycles. The van der Waals surface area contributed by atoms with Crippen molar-refractivity contribution in [1.82, 2.24) is 0 Å². The van der Waals surface area contributed by atoms with Crippen LogP contribution in [0.5, 0.6) is 0 Å². The average Bonchev–Trinajstić information content (AvgIpc) is 2.05. The molecule has 1 N–H and O–H groups in total. The summed E-state index contributed by atoms with van der Waals surface area (Å²) in [6.07, 6.45) is -1.05. The van der Waals surface area contributed by atoms with Gasteiger partial charge < -0.3 is 5.11 Å². The zero-order valence-electron chi connectivity index (χ0n) is 5.70. The van der Waals surface area contributed by atoms with Crippen molar-refractivity contribution in [2.24, 2.45) is 0 Å². The molecule has 1 rings (SSSR count). The van der Waals surface area contributed by atoms with E-state index in [0.29, 0.717) is 5.56 Å². The van der Waals surface area contributed by atoms with E-state index in [1.165, 1.54) is 0 Å². The van der Waals surface area contributed by atoms with Crippen molar-refractivity contribution in [3.8, 4) is 0 Å². The fourth-order valence-corrected chi connectivity index (χ4v) is 1.03. The van der Waals surface area contributed by atoms with Gasteiger partial charge in [-0.2, -0.15) is 0 Å². The maximum absolute atomic E-state index is 10.6. The van der Waals surface area contributed by atoms with Crippen LogP contribution in [0.2, 0.25) is 0 Å². The molecule has 0 aromatic heterocycles. The van der Waals surface area contributed by atoms with E-state index in [-0.39, 0.29) is 0 Å². The van der Waals surface area contributed by atoms with Crippen molar-refractivity contribution in [2.75, 3.05) is 0 Å². The quantitative estimate of drug-likeness (QED) is 0.761. The lowest BCUT2D eigenvalue weighted by atomic mass is 10.1. The van der Waals surface area contributed by atoms with Gasteiger partial charge in [0.05, 0.1) is 0 Å². The molecule has 0 spiro atoms. The first-order valence-electron chi connectivity index (χ1n) is 3.14. The molecule has 0 bridgehead atoms. The monoisotopic (exact) mass is 214 g/mol. The molecule has 3 heteroatoms. The molecule has 0 amide bonds. The van der Waals surface area contributed by atoms with Crippen molar-refractivity contribution < 1.29 is 9.90 Å². The lowest BCUT2D eigenvalue weighted by molar-refractivity contribution is -0.117. The van der Waals surface area contributed by atoms with Gasteiger partial charge in [-0.15, -0.1) is 0 Å². The van der Waals surface area contributed by atoms with Crippen molar-refractivity contribution in [3.05, 3.63) is 35.9 Å².